The van der Waals surface area contributed by atoms with Gasteiger partial charge in [0.25, 0.3) is 0 Å². The minimum absolute atomic E-state index is 0.0173. The molecule has 0 amide bonds. The quantitative estimate of drug-likeness (QED) is 0.764. The molecule has 116 valence electrons. The summed E-state index contributed by atoms with van der Waals surface area (Å²) in [5.74, 6) is -3.65. The number of carbonyl (C=O) groups is 1. The minimum atomic E-state index is -1.20. The maximum atomic E-state index is 13.7. The molecule has 0 unspecified atom stereocenters. The highest BCUT2D eigenvalue weighted by Gasteiger charge is 2.20. The molecule has 1 heterocycles. The van der Waals surface area contributed by atoms with E-state index in [4.69, 9.17) is 9.47 Å². The molecule has 0 atom stereocenters. The zero-order chi connectivity index (χ0) is 16.3. The third kappa shape index (κ3) is 3.16. The molecule has 0 bridgehead atoms. The molecule has 0 radical (unpaired) electrons. The Morgan fingerprint density at radius 3 is 2.64 bits per heavy atom. The van der Waals surface area contributed by atoms with Crippen LogP contribution in [0.1, 0.15) is 10.4 Å². The molecule has 8 heteroatoms. The lowest BCUT2D eigenvalue weighted by Gasteiger charge is -2.12. The molecule has 1 aromatic carbocycles. The second kappa shape index (κ2) is 6.69. The second-order valence-electron chi connectivity index (χ2n) is 3.99. The Morgan fingerprint density at radius 2 is 2.00 bits per heavy atom. The number of ether oxygens (including phenoxy) is 3. The number of carbonyl (C=O) groups excluding carboxylic acids is 1. The minimum Gasteiger partial charge on any atom is -0.490 e. The van der Waals surface area contributed by atoms with Crippen LogP contribution in [0.2, 0.25) is 0 Å². The lowest BCUT2D eigenvalue weighted by atomic mass is 10.2. The topological polar surface area (TPSA) is 57.7 Å². The molecular formula is C14H10BrF2NO4. The first-order chi connectivity index (χ1) is 10.5. The van der Waals surface area contributed by atoms with Gasteiger partial charge in [-0.1, -0.05) is 0 Å². The van der Waals surface area contributed by atoms with Gasteiger partial charge < -0.3 is 14.2 Å². The van der Waals surface area contributed by atoms with Crippen molar-refractivity contribution in [2.75, 3.05) is 14.2 Å². The fourth-order valence-corrected chi connectivity index (χ4v) is 1.98. The van der Waals surface area contributed by atoms with E-state index in [2.05, 4.69) is 25.7 Å². The maximum absolute atomic E-state index is 13.7. The van der Waals surface area contributed by atoms with Crippen molar-refractivity contribution >= 4 is 21.9 Å². The van der Waals surface area contributed by atoms with E-state index in [1.807, 2.05) is 0 Å². The SMILES string of the molecule is COC(=O)c1cc(Br)cnc1Oc1ccc(F)c(F)c1OC. The van der Waals surface area contributed by atoms with Gasteiger partial charge >= 0.3 is 5.97 Å². The Kier molecular flexibility index (Phi) is 4.92. The molecule has 5 nitrogen and oxygen atoms in total. The van der Waals surface area contributed by atoms with Crippen molar-refractivity contribution in [1.82, 2.24) is 4.98 Å². The van der Waals surface area contributed by atoms with Gasteiger partial charge in [0, 0.05) is 10.7 Å². The van der Waals surface area contributed by atoms with Crippen molar-refractivity contribution in [1.29, 1.82) is 0 Å². The van der Waals surface area contributed by atoms with Crippen LogP contribution in [-0.4, -0.2) is 25.2 Å². The first-order valence-electron chi connectivity index (χ1n) is 5.91. The van der Waals surface area contributed by atoms with Gasteiger partial charge in [0.2, 0.25) is 17.4 Å². The molecule has 0 saturated heterocycles. The third-order valence-electron chi connectivity index (χ3n) is 2.65. The van der Waals surface area contributed by atoms with Crippen LogP contribution in [0.4, 0.5) is 8.78 Å². The zero-order valence-corrected chi connectivity index (χ0v) is 13.1. The number of halogens is 3. The molecule has 0 saturated carbocycles. The van der Waals surface area contributed by atoms with Gasteiger partial charge in [0.05, 0.1) is 14.2 Å². The van der Waals surface area contributed by atoms with Crippen LogP contribution in [0.25, 0.3) is 0 Å². The Balaban J connectivity index is 2.48. The molecule has 0 aliphatic rings. The van der Waals surface area contributed by atoms with Gasteiger partial charge in [-0.05, 0) is 34.1 Å². The summed E-state index contributed by atoms with van der Waals surface area (Å²) in [6.45, 7) is 0. The number of methoxy groups -OCH3 is 2. The highest BCUT2D eigenvalue weighted by molar-refractivity contribution is 9.10. The molecule has 22 heavy (non-hydrogen) atoms. The van der Waals surface area contributed by atoms with Crippen LogP contribution in [-0.2, 0) is 4.74 Å². The number of esters is 1. The number of benzene rings is 1. The molecule has 0 fully saturated rings. The molecule has 2 rings (SSSR count). The Morgan fingerprint density at radius 1 is 1.27 bits per heavy atom. The maximum Gasteiger partial charge on any atom is 0.343 e. The van der Waals surface area contributed by atoms with Gasteiger partial charge in [-0.2, -0.15) is 4.39 Å². The number of pyridine rings is 1. The van der Waals surface area contributed by atoms with Crippen molar-refractivity contribution in [2.45, 2.75) is 0 Å². The van der Waals surface area contributed by atoms with Gasteiger partial charge in [-0.25, -0.2) is 14.2 Å². The van der Waals surface area contributed by atoms with E-state index in [1.165, 1.54) is 32.5 Å². The van der Waals surface area contributed by atoms with Crippen LogP contribution >= 0.6 is 15.9 Å². The largest absolute Gasteiger partial charge is 0.490 e. The fraction of sp³-hybridized carbons (Fsp3) is 0.143. The Bertz CT molecular complexity index is 724. The Labute approximate surface area is 133 Å². The number of hydrogen-bond acceptors (Lipinski definition) is 5. The van der Waals surface area contributed by atoms with Gasteiger partial charge in [0.1, 0.15) is 5.56 Å². The van der Waals surface area contributed by atoms with Crippen LogP contribution in [0, 0.1) is 11.6 Å². The van der Waals surface area contributed by atoms with Gasteiger partial charge in [-0.15, -0.1) is 0 Å². The van der Waals surface area contributed by atoms with E-state index in [0.29, 0.717) is 4.47 Å². The monoisotopic (exact) mass is 373 g/mol. The first kappa shape index (κ1) is 16.2. The molecule has 1 aromatic heterocycles. The number of rotatable bonds is 4. The van der Waals surface area contributed by atoms with E-state index < -0.39 is 23.4 Å². The summed E-state index contributed by atoms with van der Waals surface area (Å²) in [4.78, 5) is 15.7. The second-order valence-corrected chi connectivity index (χ2v) is 4.91. The van der Waals surface area contributed by atoms with Crippen LogP contribution in [0.3, 0.4) is 0 Å². The summed E-state index contributed by atoms with van der Waals surface area (Å²) in [5, 5.41) is 0. The van der Waals surface area contributed by atoms with Crippen molar-refractivity contribution in [2.24, 2.45) is 0 Å². The van der Waals surface area contributed by atoms with Crippen molar-refractivity contribution < 1.29 is 27.8 Å². The number of hydrogen-bond donors (Lipinski definition) is 0. The number of nitrogens with zero attached hydrogens (tertiary/aromatic N) is 1. The van der Waals surface area contributed by atoms with Gasteiger partial charge in [-0.3, -0.25) is 0 Å². The molecule has 2 aromatic rings. The van der Waals surface area contributed by atoms with E-state index >= 15 is 0 Å². The van der Waals surface area contributed by atoms with Crippen molar-refractivity contribution in [3.63, 3.8) is 0 Å². The lowest BCUT2D eigenvalue weighted by molar-refractivity contribution is 0.0597. The molecule has 0 spiro atoms. The molecule has 0 aliphatic heterocycles. The highest BCUT2D eigenvalue weighted by Crippen LogP contribution is 2.35. The summed E-state index contributed by atoms with van der Waals surface area (Å²) in [7, 11) is 2.37. The van der Waals surface area contributed by atoms with E-state index in [-0.39, 0.29) is 17.2 Å². The summed E-state index contributed by atoms with van der Waals surface area (Å²) >= 11 is 3.17. The van der Waals surface area contributed by atoms with Gasteiger partial charge in [0.15, 0.2) is 11.6 Å². The van der Waals surface area contributed by atoms with Crippen LogP contribution < -0.4 is 9.47 Å². The molecule has 0 aliphatic carbocycles. The fourth-order valence-electron chi connectivity index (χ4n) is 1.65. The van der Waals surface area contributed by atoms with E-state index in [1.54, 1.807) is 0 Å². The predicted octanol–water partition coefficient (Wildman–Crippen LogP) is 3.71. The van der Waals surface area contributed by atoms with E-state index in [0.717, 1.165) is 6.07 Å². The zero-order valence-electron chi connectivity index (χ0n) is 11.5. The normalized spacial score (nSPS) is 10.2. The average molecular weight is 374 g/mol. The third-order valence-corrected chi connectivity index (χ3v) is 3.08. The van der Waals surface area contributed by atoms with Crippen molar-refractivity contribution in [3.05, 3.63) is 46.1 Å². The summed E-state index contributed by atoms with van der Waals surface area (Å²) in [6, 6.07) is 3.48. The van der Waals surface area contributed by atoms with E-state index in [9.17, 15) is 13.6 Å². The number of aromatic nitrogens is 1. The standard InChI is InChI=1S/C14H10BrF2NO4/c1-20-12-10(4-3-9(16)11(12)17)22-13-8(14(19)21-2)5-7(15)6-18-13/h3-6H,1-2H3. The Hall–Kier alpha value is -2.22. The lowest BCUT2D eigenvalue weighted by Crippen LogP contribution is -2.06. The van der Waals surface area contributed by atoms with Crippen LogP contribution in [0.15, 0.2) is 28.9 Å². The smallest absolute Gasteiger partial charge is 0.343 e. The predicted molar refractivity (Wildman–Crippen MR) is 76.3 cm³/mol. The summed E-state index contributed by atoms with van der Waals surface area (Å²) in [6.07, 6.45) is 1.38. The molecule has 0 N–H and O–H groups in total. The first-order valence-corrected chi connectivity index (χ1v) is 6.71. The average Bonchev–Trinajstić information content (AvgIpc) is 2.52. The summed E-state index contributed by atoms with van der Waals surface area (Å²) < 4.78 is 42.2. The summed E-state index contributed by atoms with van der Waals surface area (Å²) in [5.41, 5.74) is 0.0173. The van der Waals surface area contributed by atoms with Crippen molar-refractivity contribution in [3.8, 4) is 17.4 Å². The highest BCUT2D eigenvalue weighted by atomic mass is 79.9. The van der Waals surface area contributed by atoms with Crippen LogP contribution in [0.5, 0.6) is 17.4 Å². The molecular weight excluding hydrogens is 364 g/mol.